The zero-order valence-corrected chi connectivity index (χ0v) is 11.6. The maximum absolute atomic E-state index is 11.6. The van der Waals surface area contributed by atoms with E-state index in [-0.39, 0.29) is 5.92 Å². The van der Waals surface area contributed by atoms with Gasteiger partial charge >= 0.3 is 0 Å². The second-order valence-electron chi connectivity index (χ2n) is 5.30. The molecule has 3 heteroatoms. The summed E-state index contributed by atoms with van der Waals surface area (Å²) >= 11 is 0. The zero-order chi connectivity index (χ0) is 13.3. The lowest BCUT2D eigenvalue weighted by Crippen LogP contribution is -2.14. The highest BCUT2D eigenvalue weighted by Gasteiger charge is 2.31. The van der Waals surface area contributed by atoms with Crippen LogP contribution in [-0.2, 0) is 11.2 Å². The van der Waals surface area contributed by atoms with Crippen LogP contribution in [0.5, 0.6) is 5.75 Å². The molecule has 0 N–H and O–H groups in total. The quantitative estimate of drug-likeness (QED) is 0.824. The van der Waals surface area contributed by atoms with Gasteiger partial charge in [0.2, 0.25) is 0 Å². The van der Waals surface area contributed by atoms with Crippen LogP contribution >= 0.6 is 0 Å². The maximum atomic E-state index is 11.6. The number of methoxy groups -OCH3 is 1. The molecule has 0 spiro atoms. The van der Waals surface area contributed by atoms with Crippen molar-refractivity contribution >= 4 is 5.78 Å². The topological polar surface area (TPSA) is 39.2 Å². The Kier molecular flexibility index (Phi) is 3.69. The second-order valence-corrected chi connectivity index (χ2v) is 5.30. The summed E-state index contributed by atoms with van der Waals surface area (Å²) in [5.74, 6) is 1.95. The molecule has 1 aromatic rings. The van der Waals surface area contributed by atoms with Crippen molar-refractivity contribution in [3.8, 4) is 5.75 Å². The van der Waals surface area contributed by atoms with Crippen molar-refractivity contribution < 1.29 is 9.53 Å². The highest BCUT2D eigenvalue weighted by Crippen LogP contribution is 2.33. The van der Waals surface area contributed by atoms with Gasteiger partial charge in [0, 0.05) is 35.4 Å². The number of rotatable bonds is 3. The van der Waals surface area contributed by atoms with Gasteiger partial charge in [0.15, 0.2) is 0 Å². The first kappa shape index (κ1) is 13.1. The fraction of sp³-hybridized carbons (Fsp3) is 0.600. The van der Waals surface area contributed by atoms with E-state index in [1.54, 1.807) is 7.11 Å². The lowest BCUT2D eigenvalue weighted by Gasteiger charge is -2.17. The van der Waals surface area contributed by atoms with E-state index >= 15 is 0 Å². The summed E-state index contributed by atoms with van der Waals surface area (Å²) in [5.41, 5.74) is 3.25. The van der Waals surface area contributed by atoms with E-state index in [0.717, 1.165) is 41.8 Å². The number of Topliss-reactive ketones (excluding diaryl/α,β-unsaturated/α-hetero) is 1. The number of carbonyl (C=O) groups excluding carboxylic acids is 1. The molecule has 1 fully saturated rings. The summed E-state index contributed by atoms with van der Waals surface area (Å²) in [7, 11) is 1.70. The average molecular weight is 247 g/mol. The molecule has 0 radical (unpaired) electrons. The third-order valence-corrected chi connectivity index (χ3v) is 4.18. The van der Waals surface area contributed by atoms with Gasteiger partial charge in [0.05, 0.1) is 7.11 Å². The van der Waals surface area contributed by atoms with E-state index < -0.39 is 0 Å². The van der Waals surface area contributed by atoms with Crippen LogP contribution in [-0.4, -0.2) is 17.9 Å². The van der Waals surface area contributed by atoms with Gasteiger partial charge in [0.1, 0.15) is 11.5 Å². The van der Waals surface area contributed by atoms with Crippen molar-refractivity contribution in [1.29, 1.82) is 0 Å². The number of aromatic nitrogens is 1. The number of nitrogens with zero attached hydrogens (tertiary/aromatic N) is 1. The van der Waals surface area contributed by atoms with Crippen molar-refractivity contribution in [3.63, 3.8) is 0 Å². The van der Waals surface area contributed by atoms with Crippen molar-refractivity contribution in [2.45, 2.75) is 40.0 Å². The van der Waals surface area contributed by atoms with Crippen LogP contribution in [0.4, 0.5) is 0 Å². The van der Waals surface area contributed by atoms with Crippen LogP contribution in [0.1, 0.15) is 36.6 Å². The Morgan fingerprint density at radius 2 is 2.17 bits per heavy atom. The van der Waals surface area contributed by atoms with E-state index in [0.29, 0.717) is 11.7 Å². The van der Waals surface area contributed by atoms with Crippen molar-refractivity contribution in [1.82, 2.24) is 4.98 Å². The van der Waals surface area contributed by atoms with E-state index in [1.165, 1.54) is 0 Å². The van der Waals surface area contributed by atoms with Gasteiger partial charge in [-0.05, 0) is 32.6 Å². The smallest absolute Gasteiger partial charge is 0.136 e. The molecule has 0 bridgehead atoms. The molecular weight excluding hydrogens is 226 g/mol. The maximum Gasteiger partial charge on any atom is 0.136 e. The SMILES string of the molecule is COc1c(C)cnc(CC2CCC(=O)C2C)c1C. The monoisotopic (exact) mass is 247 g/mol. The second kappa shape index (κ2) is 5.09. The number of pyridine rings is 1. The van der Waals surface area contributed by atoms with Crippen molar-refractivity contribution in [2.24, 2.45) is 11.8 Å². The molecule has 1 aromatic heterocycles. The van der Waals surface area contributed by atoms with Gasteiger partial charge in [0.25, 0.3) is 0 Å². The van der Waals surface area contributed by atoms with Crippen molar-refractivity contribution in [3.05, 3.63) is 23.0 Å². The molecule has 0 amide bonds. The normalized spacial score (nSPS) is 23.4. The molecule has 98 valence electrons. The minimum Gasteiger partial charge on any atom is -0.496 e. The molecule has 1 aliphatic rings. The van der Waals surface area contributed by atoms with Crippen LogP contribution in [0, 0.1) is 25.7 Å². The Balaban J connectivity index is 2.22. The van der Waals surface area contributed by atoms with E-state index in [2.05, 4.69) is 11.9 Å². The summed E-state index contributed by atoms with van der Waals surface area (Å²) in [6, 6.07) is 0. The molecular formula is C15H21NO2. The van der Waals surface area contributed by atoms with Crippen LogP contribution in [0.3, 0.4) is 0 Å². The Morgan fingerprint density at radius 1 is 1.44 bits per heavy atom. The molecule has 1 aliphatic carbocycles. The molecule has 0 aromatic carbocycles. The van der Waals surface area contributed by atoms with Gasteiger partial charge in [-0.2, -0.15) is 0 Å². The highest BCUT2D eigenvalue weighted by molar-refractivity contribution is 5.83. The number of hydrogen-bond acceptors (Lipinski definition) is 3. The molecule has 0 saturated heterocycles. The van der Waals surface area contributed by atoms with Crippen LogP contribution in [0.2, 0.25) is 0 Å². The lowest BCUT2D eigenvalue weighted by atomic mass is 9.91. The molecule has 18 heavy (non-hydrogen) atoms. The number of ether oxygens (including phenoxy) is 1. The van der Waals surface area contributed by atoms with Gasteiger partial charge < -0.3 is 4.74 Å². The first-order chi connectivity index (χ1) is 8.54. The summed E-state index contributed by atoms with van der Waals surface area (Å²) in [5, 5.41) is 0. The molecule has 3 nitrogen and oxygen atoms in total. The predicted octanol–water partition coefficient (Wildman–Crippen LogP) is 2.86. The summed E-state index contributed by atoms with van der Waals surface area (Å²) < 4.78 is 5.42. The lowest BCUT2D eigenvalue weighted by molar-refractivity contribution is -0.120. The Morgan fingerprint density at radius 3 is 2.72 bits per heavy atom. The van der Waals surface area contributed by atoms with Gasteiger partial charge in [-0.3, -0.25) is 9.78 Å². The molecule has 2 atom stereocenters. The average Bonchev–Trinajstić information content (AvgIpc) is 2.65. The van der Waals surface area contributed by atoms with Crippen LogP contribution < -0.4 is 4.74 Å². The van der Waals surface area contributed by atoms with Crippen LogP contribution in [0.15, 0.2) is 6.20 Å². The molecule has 0 aliphatic heterocycles. The van der Waals surface area contributed by atoms with Gasteiger partial charge in [-0.15, -0.1) is 0 Å². The third-order valence-electron chi connectivity index (χ3n) is 4.18. The largest absolute Gasteiger partial charge is 0.496 e. The molecule has 1 heterocycles. The highest BCUT2D eigenvalue weighted by atomic mass is 16.5. The number of hydrogen-bond donors (Lipinski definition) is 0. The van der Waals surface area contributed by atoms with Gasteiger partial charge in [-0.1, -0.05) is 6.92 Å². The first-order valence-corrected chi connectivity index (χ1v) is 6.56. The first-order valence-electron chi connectivity index (χ1n) is 6.56. The Bertz CT molecular complexity index is 468. The zero-order valence-electron chi connectivity index (χ0n) is 11.6. The molecule has 2 rings (SSSR count). The summed E-state index contributed by atoms with van der Waals surface area (Å²) in [6.07, 6.45) is 4.48. The van der Waals surface area contributed by atoms with E-state index in [1.807, 2.05) is 20.0 Å². The van der Waals surface area contributed by atoms with E-state index in [9.17, 15) is 4.79 Å². The Labute approximate surface area is 109 Å². The number of aryl methyl sites for hydroxylation is 1. The number of carbonyl (C=O) groups is 1. The number of ketones is 1. The van der Waals surface area contributed by atoms with Gasteiger partial charge in [-0.25, -0.2) is 0 Å². The fourth-order valence-corrected chi connectivity index (χ4v) is 2.87. The Hall–Kier alpha value is -1.38. The molecule has 1 saturated carbocycles. The minimum atomic E-state index is 0.179. The van der Waals surface area contributed by atoms with Crippen LogP contribution in [0.25, 0.3) is 0 Å². The summed E-state index contributed by atoms with van der Waals surface area (Å²) in [6.45, 7) is 6.10. The molecule has 2 unspecified atom stereocenters. The minimum absolute atomic E-state index is 0.179. The standard InChI is InChI=1S/C15H21NO2/c1-9-8-16-13(11(3)15(9)18-4)7-12-5-6-14(17)10(12)2/h8,10,12H,5-7H2,1-4H3. The van der Waals surface area contributed by atoms with Crippen molar-refractivity contribution in [2.75, 3.05) is 7.11 Å². The van der Waals surface area contributed by atoms with E-state index in [4.69, 9.17) is 4.74 Å². The third kappa shape index (κ3) is 2.26. The predicted molar refractivity (Wildman–Crippen MR) is 70.9 cm³/mol. The summed E-state index contributed by atoms with van der Waals surface area (Å²) in [4.78, 5) is 16.1. The fourth-order valence-electron chi connectivity index (χ4n) is 2.87.